The topological polar surface area (TPSA) is 87.0 Å². The predicted molar refractivity (Wildman–Crippen MR) is 99.9 cm³/mol. The average molecular weight is 382 g/mol. The summed E-state index contributed by atoms with van der Waals surface area (Å²) in [7, 11) is 0. The van der Waals surface area contributed by atoms with E-state index < -0.39 is 0 Å². The molecule has 0 atom stereocenters. The zero-order chi connectivity index (χ0) is 19.5. The Hall–Kier alpha value is -3.16. The molecule has 2 saturated heterocycles. The van der Waals surface area contributed by atoms with Crippen LogP contribution in [0.15, 0.2) is 41.0 Å². The summed E-state index contributed by atoms with van der Waals surface area (Å²) in [5, 5.41) is 0. The number of nitrogens with zero attached hydrogens (tertiary/aromatic N) is 4. The van der Waals surface area contributed by atoms with Crippen LogP contribution in [0.5, 0.6) is 0 Å². The Balaban J connectivity index is 1.39. The molecule has 2 fully saturated rings. The quantitative estimate of drug-likeness (QED) is 0.803. The summed E-state index contributed by atoms with van der Waals surface area (Å²) in [6, 6.07) is 8.28. The number of furan rings is 1. The lowest BCUT2D eigenvalue weighted by molar-refractivity contribution is 0.0515. The maximum absolute atomic E-state index is 12.8. The molecule has 0 aromatic carbocycles. The first kappa shape index (κ1) is 18.2. The first-order valence-corrected chi connectivity index (χ1v) is 9.52. The minimum absolute atomic E-state index is 0.124. The summed E-state index contributed by atoms with van der Waals surface area (Å²) in [6.45, 7) is 3.17. The number of carbonyl (C=O) groups is 3. The van der Waals surface area contributed by atoms with E-state index in [-0.39, 0.29) is 23.4 Å². The van der Waals surface area contributed by atoms with Gasteiger partial charge in [-0.25, -0.2) is 4.98 Å². The van der Waals surface area contributed by atoms with Crippen LogP contribution in [0.3, 0.4) is 0 Å². The van der Waals surface area contributed by atoms with E-state index in [0.717, 1.165) is 25.9 Å². The molecule has 0 bridgehead atoms. The second-order valence-electron chi connectivity index (χ2n) is 6.97. The third-order valence-corrected chi connectivity index (χ3v) is 5.17. The molecular formula is C20H22N4O4. The summed E-state index contributed by atoms with van der Waals surface area (Å²) in [5.41, 5.74) is 0.565. The molecule has 2 aliphatic rings. The number of likely N-dealkylation sites (tertiary alicyclic amines) is 1. The zero-order valence-electron chi connectivity index (χ0n) is 15.5. The van der Waals surface area contributed by atoms with Gasteiger partial charge in [0.2, 0.25) is 0 Å². The Morgan fingerprint density at radius 1 is 0.714 bits per heavy atom. The molecular weight excluding hydrogens is 360 g/mol. The number of pyridine rings is 1. The lowest BCUT2D eigenvalue weighted by Gasteiger charge is -2.34. The highest BCUT2D eigenvalue weighted by Crippen LogP contribution is 2.14. The highest BCUT2D eigenvalue weighted by molar-refractivity contribution is 5.96. The summed E-state index contributed by atoms with van der Waals surface area (Å²) < 4.78 is 5.15. The maximum atomic E-state index is 12.8. The summed E-state index contributed by atoms with van der Waals surface area (Å²) in [5.74, 6) is -0.217. The Morgan fingerprint density at radius 3 is 1.79 bits per heavy atom. The third kappa shape index (κ3) is 3.62. The van der Waals surface area contributed by atoms with Crippen LogP contribution in [-0.4, -0.2) is 76.7 Å². The largest absolute Gasteiger partial charge is 0.459 e. The van der Waals surface area contributed by atoms with Gasteiger partial charge in [0.1, 0.15) is 11.4 Å². The van der Waals surface area contributed by atoms with Crippen molar-refractivity contribution in [2.75, 3.05) is 39.3 Å². The fraction of sp³-hybridized carbons (Fsp3) is 0.400. The summed E-state index contributed by atoms with van der Waals surface area (Å²) in [6.07, 6.45) is 3.48. The van der Waals surface area contributed by atoms with E-state index in [0.29, 0.717) is 37.6 Å². The monoisotopic (exact) mass is 382 g/mol. The Morgan fingerprint density at radius 2 is 1.25 bits per heavy atom. The highest BCUT2D eigenvalue weighted by atomic mass is 16.3. The molecule has 4 heterocycles. The summed E-state index contributed by atoms with van der Waals surface area (Å²) >= 11 is 0. The van der Waals surface area contributed by atoms with Crippen molar-refractivity contribution >= 4 is 17.7 Å². The van der Waals surface area contributed by atoms with Crippen LogP contribution in [-0.2, 0) is 0 Å². The lowest BCUT2D eigenvalue weighted by Crippen LogP contribution is -2.50. The molecule has 4 rings (SSSR count). The van der Waals surface area contributed by atoms with Gasteiger partial charge in [-0.3, -0.25) is 14.4 Å². The fourth-order valence-corrected chi connectivity index (χ4v) is 3.59. The molecule has 0 radical (unpaired) electrons. The van der Waals surface area contributed by atoms with Crippen molar-refractivity contribution in [3.63, 3.8) is 0 Å². The molecule has 0 spiro atoms. The second kappa shape index (κ2) is 7.84. The molecule has 146 valence electrons. The Labute approximate surface area is 162 Å². The van der Waals surface area contributed by atoms with Crippen molar-refractivity contribution in [2.45, 2.75) is 12.8 Å². The van der Waals surface area contributed by atoms with Gasteiger partial charge in [-0.2, -0.15) is 0 Å². The van der Waals surface area contributed by atoms with Crippen LogP contribution in [0, 0.1) is 0 Å². The molecule has 0 saturated carbocycles. The Kier molecular flexibility index (Phi) is 5.10. The van der Waals surface area contributed by atoms with Gasteiger partial charge in [-0.05, 0) is 37.1 Å². The molecule has 8 heteroatoms. The minimum atomic E-state index is -0.221. The molecule has 0 N–H and O–H groups in total. The molecule has 0 unspecified atom stereocenters. The SMILES string of the molecule is O=C(c1cccc(C(=O)N2CCN(C(=O)c3ccco3)CC2)n1)N1CCCC1. The van der Waals surface area contributed by atoms with Crippen LogP contribution in [0.25, 0.3) is 0 Å². The molecule has 0 aliphatic carbocycles. The van der Waals surface area contributed by atoms with Crippen LogP contribution < -0.4 is 0 Å². The number of hydrogen-bond acceptors (Lipinski definition) is 5. The molecule has 8 nitrogen and oxygen atoms in total. The van der Waals surface area contributed by atoms with Gasteiger partial charge in [0.15, 0.2) is 5.76 Å². The van der Waals surface area contributed by atoms with Gasteiger partial charge in [0, 0.05) is 39.3 Å². The van der Waals surface area contributed by atoms with Gasteiger partial charge in [-0.15, -0.1) is 0 Å². The predicted octanol–water partition coefficient (Wildman–Crippen LogP) is 1.51. The van der Waals surface area contributed by atoms with Gasteiger partial charge >= 0.3 is 0 Å². The van der Waals surface area contributed by atoms with Crippen LogP contribution in [0.1, 0.15) is 44.4 Å². The number of piperazine rings is 1. The maximum Gasteiger partial charge on any atom is 0.289 e. The van der Waals surface area contributed by atoms with Gasteiger partial charge < -0.3 is 19.1 Å². The first-order valence-electron chi connectivity index (χ1n) is 9.52. The van der Waals surface area contributed by atoms with E-state index in [2.05, 4.69) is 4.98 Å². The van der Waals surface area contributed by atoms with E-state index in [1.54, 1.807) is 45.0 Å². The molecule has 3 amide bonds. The van der Waals surface area contributed by atoms with Gasteiger partial charge in [0.25, 0.3) is 17.7 Å². The van der Waals surface area contributed by atoms with E-state index >= 15 is 0 Å². The first-order chi connectivity index (χ1) is 13.6. The number of rotatable bonds is 3. The van der Waals surface area contributed by atoms with Gasteiger partial charge in [0.05, 0.1) is 6.26 Å². The van der Waals surface area contributed by atoms with Crippen molar-refractivity contribution in [1.82, 2.24) is 19.7 Å². The zero-order valence-corrected chi connectivity index (χ0v) is 15.5. The molecule has 28 heavy (non-hydrogen) atoms. The van der Waals surface area contributed by atoms with Crippen molar-refractivity contribution in [3.05, 3.63) is 53.7 Å². The lowest BCUT2D eigenvalue weighted by atomic mass is 10.2. The van der Waals surface area contributed by atoms with E-state index in [1.165, 1.54) is 6.26 Å². The van der Waals surface area contributed by atoms with Crippen molar-refractivity contribution < 1.29 is 18.8 Å². The fourth-order valence-electron chi connectivity index (χ4n) is 3.59. The van der Waals surface area contributed by atoms with Crippen molar-refractivity contribution in [3.8, 4) is 0 Å². The van der Waals surface area contributed by atoms with Crippen LogP contribution in [0.4, 0.5) is 0 Å². The van der Waals surface area contributed by atoms with E-state index in [1.807, 2.05) is 0 Å². The molecule has 2 aliphatic heterocycles. The van der Waals surface area contributed by atoms with E-state index in [4.69, 9.17) is 4.42 Å². The summed E-state index contributed by atoms with van der Waals surface area (Å²) in [4.78, 5) is 47.1. The average Bonchev–Trinajstić information content (AvgIpc) is 3.47. The normalized spacial score (nSPS) is 17.1. The number of amides is 3. The van der Waals surface area contributed by atoms with Crippen molar-refractivity contribution in [2.24, 2.45) is 0 Å². The molecule has 2 aromatic heterocycles. The smallest absolute Gasteiger partial charge is 0.289 e. The number of hydrogen-bond donors (Lipinski definition) is 0. The van der Waals surface area contributed by atoms with Crippen LogP contribution >= 0.6 is 0 Å². The number of aromatic nitrogens is 1. The second-order valence-corrected chi connectivity index (χ2v) is 6.97. The Bertz CT molecular complexity index is 866. The molecule has 2 aromatic rings. The highest BCUT2D eigenvalue weighted by Gasteiger charge is 2.28. The number of carbonyl (C=O) groups excluding carboxylic acids is 3. The minimum Gasteiger partial charge on any atom is -0.459 e. The third-order valence-electron chi connectivity index (χ3n) is 5.17. The van der Waals surface area contributed by atoms with E-state index in [9.17, 15) is 14.4 Å². The van der Waals surface area contributed by atoms with Crippen LogP contribution in [0.2, 0.25) is 0 Å². The standard InChI is InChI=1S/C20H22N4O4/c25-18(22-8-1-2-9-22)15-5-3-6-16(21-15)19(26)23-10-12-24(13-11-23)20(27)17-7-4-14-28-17/h3-7,14H,1-2,8-13H2. The van der Waals surface area contributed by atoms with Crippen molar-refractivity contribution in [1.29, 1.82) is 0 Å². The van der Waals surface area contributed by atoms with Gasteiger partial charge in [-0.1, -0.05) is 6.07 Å².